The highest BCUT2D eigenvalue weighted by Gasteiger charge is 2.28. The van der Waals surface area contributed by atoms with Crippen molar-refractivity contribution in [2.24, 2.45) is 11.8 Å². The number of hydrogen-bond donors (Lipinski definition) is 1. The van der Waals surface area contributed by atoms with Crippen molar-refractivity contribution in [2.45, 2.75) is 46.1 Å². The SMILES string of the molecule is Cc1nn(-c2ccccc2)nc1C(=O)OCC(=O)N[C@@H]1CCC[C@@H](C)[C@@H]1C. The number of nitrogens with zero attached hydrogens (tertiary/aromatic N) is 3. The summed E-state index contributed by atoms with van der Waals surface area (Å²) in [6.07, 6.45) is 3.27. The monoisotopic (exact) mass is 370 g/mol. The van der Waals surface area contributed by atoms with E-state index >= 15 is 0 Å². The molecule has 7 heteroatoms. The van der Waals surface area contributed by atoms with Crippen molar-refractivity contribution in [2.75, 3.05) is 6.61 Å². The number of aromatic nitrogens is 3. The lowest BCUT2D eigenvalue weighted by molar-refractivity contribution is -0.125. The van der Waals surface area contributed by atoms with Gasteiger partial charge in [0.1, 0.15) is 0 Å². The lowest BCUT2D eigenvalue weighted by Crippen LogP contribution is -2.45. The molecule has 1 amide bonds. The maximum atomic E-state index is 12.3. The molecular weight excluding hydrogens is 344 g/mol. The summed E-state index contributed by atoms with van der Waals surface area (Å²) in [6.45, 7) is 5.75. The standard InChI is InChI=1S/C20H26N4O3/c1-13-8-7-11-17(14(13)2)21-18(25)12-27-20(26)19-15(3)22-24(23-19)16-9-5-4-6-10-16/h4-6,9-10,13-14,17H,7-8,11-12H2,1-3H3,(H,21,25)/t13-,14+,17-/m1/s1. The predicted molar refractivity (Wildman–Crippen MR) is 100 cm³/mol. The molecule has 1 N–H and O–H groups in total. The zero-order valence-electron chi connectivity index (χ0n) is 16.0. The molecule has 3 rings (SSSR count). The van der Waals surface area contributed by atoms with Crippen LogP contribution >= 0.6 is 0 Å². The van der Waals surface area contributed by atoms with Crippen molar-refractivity contribution in [3.8, 4) is 5.69 Å². The number of carbonyl (C=O) groups excluding carboxylic acids is 2. The molecule has 7 nitrogen and oxygen atoms in total. The summed E-state index contributed by atoms with van der Waals surface area (Å²) in [6, 6.07) is 9.44. The second-order valence-corrected chi connectivity index (χ2v) is 7.28. The quantitative estimate of drug-likeness (QED) is 0.818. The minimum absolute atomic E-state index is 0.117. The Morgan fingerprint density at radius 2 is 1.93 bits per heavy atom. The summed E-state index contributed by atoms with van der Waals surface area (Å²) in [5, 5.41) is 11.4. The number of nitrogens with one attached hydrogen (secondary N) is 1. The second-order valence-electron chi connectivity index (χ2n) is 7.28. The number of carbonyl (C=O) groups is 2. The first-order chi connectivity index (χ1) is 13.0. The Kier molecular flexibility index (Phi) is 5.88. The van der Waals surface area contributed by atoms with Crippen LogP contribution in [0.2, 0.25) is 0 Å². The third-order valence-corrected chi connectivity index (χ3v) is 5.35. The molecule has 1 heterocycles. The predicted octanol–water partition coefficient (Wildman–Crippen LogP) is 2.67. The molecule has 1 aromatic carbocycles. The molecule has 27 heavy (non-hydrogen) atoms. The van der Waals surface area contributed by atoms with Gasteiger partial charge in [0, 0.05) is 6.04 Å². The molecule has 0 aliphatic heterocycles. The molecule has 1 aliphatic rings. The fraction of sp³-hybridized carbons (Fsp3) is 0.500. The summed E-state index contributed by atoms with van der Waals surface area (Å²) in [7, 11) is 0. The Bertz CT molecular complexity index is 803. The van der Waals surface area contributed by atoms with E-state index in [9.17, 15) is 9.59 Å². The van der Waals surface area contributed by atoms with Crippen LogP contribution in [-0.2, 0) is 9.53 Å². The third-order valence-electron chi connectivity index (χ3n) is 5.35. The first-order valence-electron chi connectivity index (χ1n) is 9.41. The van der Waals surface area contributed by atoms with E-state index in [1.54, 1.807) is 6.92 Å². The van der Waals surface area contributed by atoms with Gasteiger partial charge in [-0.2, -0.15) is 9.90 Å². The summed E-state index contributed by atoms with van der Waals surface area (Å²) in [5.41, 5.74) is 1.32. The molecule has 0 unspecified atom stereocenters. The van der Waals surface area contributed by atoms with Gasteiger partial charge in [0.2, 0.25) is 0 Å². The molecule has 0 saturated heterocycles. The topological polar surface area (TPSA) is 86.1 Å². The van der Waals surface area contributed by atoms with E-state index in [2.05, 4.69) is 29.4 Å². The number of esters is 1. The van der Waals surface area contributed by atoms with Crippen LogP contribution in [0.15, 0.2) is 30.3 Å². The van der Waals surface area contributed by atoms with Crippen LogP contribution in [0.4, 0.5) is 0 Å². The first kappa shape index (κ1) is 19.1. The average Bonchev–Trinajstić information content (AvgIpc) is 3.06. The summed E-state index contributed by atoms with van der Waals surface area (Å²) < 4.78 is 5.16. The largest absolute Gasteiger partial charge is 0.451 e. The van der Waals surface area contributed by atoms with Gasteiger partial charge < -0.3 is 10.1 Å². The molecule has 144 valence electrons. The molecule has 2 aromatic rings. The number of benzene rings is 1. The van der Waals surface area contributed by atoms with Gasteiger partial charge in [-0.3, -0.25) is 4.79 Å². The highest BCUT2D eigenvalue weighted by atomic mass is 16.5. The maximum Gasteiger partial charge on any atom is 0.361 e. The number of aryl methyl sites for hydroxylation is 1. The molecule has 1 saturated carbocycles. The van der Waals surface area contributed by atoms with E-state index in [1.807, 2.05) is 30.3 Å². The van der Waals surface area contributed by atoms with Crippen LogP contribution in [0, 0.1) is 18.8 Å². The first-order valence-corrected chi connectivity index (χ1v) is 9.41. The Morgan fingerprint density at radius 3 is 2.67 bits per heavy atom. The van der Waals surface area contributed by atoms with Crippen LogP contribution < -0.4 is 5.32 Å². The number of ether oxygens (including phenoxy) is 1. The van der Waals surface area contributed by atoms with Crippen LogP contribution in [0.25, 0.3) is 5.69 Å². The highest BCUT2D eigenvalue weighted by molar-refractivity contribution is 5.90. The zero-order valence-corrected chi connectivity index (χ0v) is 16.0. The lowest BCUT2D eigenvalue weighted by Gasteiger charge is -2.34. The van der Waals surface area contributed by atoms with Crippen molar-refractivity contribution in [1.82, 2.24) is 20.3 Å². The van der Waals surface area contributed by atoms with Gasteiger partial charge in [-0.05, 0) is 37.3 Å². The Hall–Kier alpha value is -2.70. The van der Waals surface area contributed by atoms with E-state index in [-0.39, 0.29) is 24.2 Å². The summed E-state index contributed by atoms with van der Waals surface area (Å²) >= 11 is 0. The Balaban J connectivity index is 1.56. The van der Waals surface area contributed by atoms with Crippen molar-refractivity contribution in [3.63, 3.8) is 0 Å². The third kappa shape index (κ3) is 4.53. The van der Waals surface area contributed by atoms with Crippen LogP contribution in [0.5, 0.6) is 0 Å². The molecular formula is C20H26N4O3. The van der Waals surface area contributed by atoms with E-state index in [1.165, 1.54) is 11.2 Å². The van der Waals surface area contributed by atoms with Crippen LogP contribution in [0.1, 0.15) is 49.3 Å². The molecule has 1 aromatic heterocycles. The van der Waals surface area contributed by atoms with Gasteiger partial charge in [-0.25, -0.2) is 4.79 Å². The van der Waals surface area contributed by atoms with Crippen molar-refractivity contribution < 1.29 is 14.3 Å². The van der Waals surface area contributed by atoms with Gasteiger partial charge in [-0.15, -0.1) is 5.10 Å². The molecule has 0 spiro atoms. The number of para-hydroxylation sites is 1. The van der Waals surface area contributed by atoms with Gasteiger partial charge in [0.15, 0.2) is 12.3 Å². The van der Waals surface area contributed by atoms with Gasteiger partial charge >= 0.3 is 5.97 Å². The molecule has 1 fully saturated rings. The molecule has 0 radical (unpaired) electrons. The summed E-state index contributed by atoms with van der Waals surface area (Å²) in [5.74, 6) is 0.0889. The number of amides is 1. The molecule has 3 atom stereocenters. The zero-order chi connectivity index (χ0) is 19.4. The van der Waals surface area contributed by atoms with E-state index in [4.69, 9.17) is 4.74 Å². The number of hydrogen-bond acceptors (Lipinski definition) is 5. The minimum Gasteiger partial charge on any atom is -0.451 e. The number of rotatable bonds is 5. The van der Waals surface area contributed by atoms with Crippen LogP contribution in [0.3, 0.4) is 0 Å². The molecule has 1 aliphatic carbocycles. The summed E-state index contributed by atoms with van der Waals surface area (Å²) in [4.78, 5) is 25.9. The van der Waals surface area contributed by atoms with Crippen LogP contribution in [-0.4, -0.2) is 39.5 Å². The van der Waals surface area contributed by atoms with Crippen molar-refractivity contribution in [3.05, 3.63) is 41.7 Å². The molecule has 0 bridgehead atoms. The van der Waals surface area contributed by atoms with Gasteiger partial charge in [-0.1, -0.05) is 44.9 Å². The smallest absolute Gasteiger partial charge is 0.361 e. The fourth-order valence-electron chi connectivity index (χ4n) is 3.48. The van der Waals surface area contributed by atoms with Crippen molar-refractivity contribution >= 4 is 11.9 Å². The Morgan fingerprint density at radius 1 is 1.19 bits per heavy atom. The van der Waals surface area contributed by atoms with Gasteiger partial charge in [0.25, 0.3) is 5.91 Å². The van der Waals surface area contributed by atoms with E-state index < -0.39 is 5.97 Å². The minimum atomic E-state index is -0.644. The van der Waals surface area contributed by atoms with Crippen molar-refractivity contribution in [1.29, 1.82) is 0 Å². The average molecular weight is 370 g/mol. The maximum absolute atomic E-state index is 12.3. The normalized spacial score (nSPS) is 22.3. The van der Waals surface area contributed by atoms with E-state index in [0.29, 0.717) is 17.5 Å². The fourth-order valence-corrected chi connectivity index (χ4v) is 3.48. The van der Waals surface area contributed by atoms with E-state index in [0.717, 1.165) is 18.5 Å². The second kappa shape index (κ2) is 8.33. The highest BCUT2D eigenvalue weighted by Crippen LogP contribution is 2.29. The lowest BCUT2D eigenvalue weighted by atomic mass is 9.78. The van der Waals surface area contributed by atoms with Gasteiger partial charge in [0.05, 0.1) is 11.4 Å². The Labute approximate surface area is 159 Å².